The third-order valence-corrected chi connectivity index (χ3v) is 2.03. The van der Waals surface area contributed by atoms with E-state index in [2.05, 4.69) is 11.9 Å². The van der Waals surface area contributed by atoms with E-state index in [1.165, 1.54) is 6.92 Å². The third-order valence-electron chi connectivity index (χ3n) is 2.03. The highest BCUT2D eigenvalue weighted by atomic mass is 16.3. The highest BCUT2D eigenvalue weighted by Crippen LogP contribution is 2.17. The van der Waals surface area contributed by atoms with E-state index in [-0.39, 0.29) is 6.42 Å². The van der Waals surface area contributed by atoms with Crippen LogP contribution in [0.2, 0.25) is 0 Å². The molecule has 0 saturated heterocycles. The predicted octanol–water partition coefficient (Wildman–Crippen LogP) is 0.863. The van der Waals surface area contributed by atoms with Gasteiger partial charge in [0.1, 0.15) is 5.76 Å². The number of carbonyl (C=O) groups excluding carboxylic acids is 2. The van der Waals surface area contributed by atoms with Crippen LogP contribution < -0.4 is 5.32 Å². The van der Waals surface area contributed by atoms with Crippen molar-refractivity contribution >= 4 is 11.8 Å². The van der Waals surface area contributed by atoms with E-state index in [1.807, 2.05) is 0 Å². The van der Waals surface area contributed by atoms with E-state index in [4.69, 9.17) is 5.11 Å². The Labute approximate surface area is 86.4 Å². The van der Waals surface area contributed by atoms with Crippen LogP contribution in [0.5, 0.6) is 0 Å². The van der Waals surface area contributed by atoms with Crippen molar-refractivity contribution in [2.24, 2.45) is 0 Å². The van der Waals surface area contributed by atoms with Gasteiger partial charge in [0.15, 0.2) is 5.76 Å². The fourth-order valence-electron chi connectivity index (χ4n) is 1.12. The molecule has 0 aromatic rings. The van der Waals surface area contributed by atoms with Gasteiger partial charge in [-0.05, 0) is 18.6 Å². The van der Waals surface area contributed by atoms with Crippen molar-refractivity contribution in [3.05, 3.63) is 35.3 Å². The molecule has 0 unspecified atom stereocenters. The maximum atomic E-state index is 11.2. The molecule has 2 amide bonds. The summed E-state index contributed by atoms with van der Waals surface area (Å²) in [6.45, 7) is 4.64. The van der Waals surface area contributed by atoms with Crippen LogP contribution in [0.15, 0.2) is 35.3 Å². The molecule has 0 saturated carbocycles. The molecule has 1 rings (SSSR count). The fraction of sp³-hybridized carbons (Fsp3) is 0.200. The Kier molecular flexibility index (Phi) is 2.94. The molecule has 0 atom stereocenters. The van der Waals surface area contributed by atoms with E-state index >= 15 is 0 Å². The molecule has 0 aliphatic carbocycles. The number of allylic oxidation sites excluding steroid dienone is 1. The van der Waals surface area contributed by atoms with Crippen molar-refractivity contribution in [1.82, 2.24) is 5.32 Å². The van der Waals surface area contributed by atoms with Gasteiger partial charge in [0.25, 0.3) is 5.91 Å². The molecule has 1 aliphatic heterocycles. The molecule has 1 heterocycles. The van der Waals surface area contributed by atoms with Gasteiger partial charge in [-0.15, -0.1) is 0 Å². The van der Waals surface area contributed by atoms with Gasteiger partial charge in [-0.1, -0.05) is 6.58 Å². The highest BCUT2D eigenvalue weighted by molar-refractivity contribution is 6.08. The Balaban J connectivity index is 3.08. The van der Waals surface area contributed by atoms with Crippen LogP contribution in [-0.2, 0) is 9.59 Å². The van der Waals surface area contributed by atoms with Crippen LogP contribution in [0.4, 0.5) is 0 Å². The van der Waals surface area contributed by atoms with Crippen LogP contribution in [0.1, 0.15) is 13.3 Å². The third kappa shape index (κ3) is 2.46. The molecule has 5 nitrogen and oxygen atoms in total. The van der Waals surface area contributed by atoms with Crippen molar-refractivity contribution in [2.75, 3.05) is 0 Å². The number of imide groups is 1. The monoisotopic (exact) mass is 209 g/mol. The first-order valence-electron chi connectivity index (χ1n) is 4.24. The Bertz CT molecular complexity index is 404. The lowest BCUT2D eigenvalue weighted by Gasteiger charge is -2.14. The summed E-state index contributed by atoms with van der Waals surface area (Å²) in [5, 5.41) is 20.2. The first-order chi connectivity index (χ1) is 6.91. The predicted molar refractivity (Wildman–Crippen MR) is 52.9 cm³/mol. The molecular weight excluding hydrogens is 198 g/mol. The molecule has 0 fully saturated rings. The second kappa shape index (κ2) is 4.00. The summed E-state index contributed by atoms with van der Waals surface area (Å²) in [4.78, 5) is 22.2. The van der Waals surface area contributed by atoms with Gasteiger partial charge < -0.3 is 10.2 Å². The fourth-order valence-corrected chi connectivity index (χ4v) is 1.12. The standard InChI is InChI=1S/C10H11NO4/c1-5-7(3-8(13)6(2)12)4-9(14)11-10(5)15/h3,12-13H,2,4H2,1H3,(H,11,14,15)/b8-3+. The minimum atomic E-state index is -0.506. The number of nitrogens with one attached hydrogen (secondary N) is 1. The van der Waals surface area contributed by atoms with Crippen LogP contribution in [0.3, 0.4) is 0 Å². The van der Waals surface area contributed by atoms with Crippen molar-refractivity contribution in [3.8, 4) is 0 Å². The van der Waals surface area contributed by atoms with E-state index in [0.29, 0.717) is 11.1 Å². The minimum Gasteiger partial charge on any atom is -0.505 e. The summed E-state index contributed by atoms with van der Waals surface area (Å²) in [6.07, 6.45) is 1.16. The Morgan fingerprint density at radius 1 is 1.47 bits per heavy atom. The summed E-state index contributed by atoms with van der Waals surface area (Å²) >= 11 is 0. The normalized spacial score (nSPS) is 17.8. The van der Waals surface area contributed by atoms with E-state index in [1.54, 1.807) is 0 Å². The Morgan fingerprint density at radius 2 is 2.07 bits per heavy atom. The van der Waals surface area contributed by atoms with E-state index in [9.17, 15) is 14.7 Å². The van der Waals surface area contributed by atoms with Crippen molar-refractivity contribution < 1.29 is 19.8 Å². The molecular formula is C10H11NO4. The number of amides is 2. The number of hydrogen-bond donors (Lipinski definition) is 3. The summed E-state index contributed by atoms with van der Waals surface area (Å²) in [6, 6.07) is 0. The molecule has 0 aromatic carbocycles. The van der Waals surface area contributed by atoms with Crippen molar-refractivity contribution in [3.63, 3.8) is 0 Å². The second-order valence-electron chi connectivity index (χ2n) is 3.18. The first kappa shape index (κ1) is 11.0. The average Bonchev–Trinajstić information content (AvgIpc) is 2.13. The van der Waals surface area contributed by atoms with Crippen LogP contribution in [-0.4, -0.2) is 22.0 Å². The molecule has 0 aromatic heterocycles. The van der Waals surface area contributed by atoms with Gasteiger partial charge in [-0.2, -0.15) is 0 Å². The van der Waals surface area contributed by atoms with Gasteiger partial charge in [0, 0.05) is 5.57 Å². The quantitative estimate of drug-likeness (QED) is 0.357. The summed E-state index contributed by atoms with van der Waals surface area (Å²) in [5.41, 5.74) is 0.707. The van der Waals surface area contributed by atoms with Gasteiger partial charge in [0.05, 0.1) is 6.42 Å². The first-order valence-corrected chi connectivity index (χ1v) is 4.24. The number of aliphatic hydroxyl groups excluding tert-OH is 2. The maximum absolute atomic E-state index is 11.2. The zero-order valence-electron chi connectivity index (χ0n) is 8.20. The van der Waals surface area contributed by atoms with Gasteiger partial charge >= 0.3 is 0 Å². The summed E-state index contributed by atoms with van der Waals surface area (Å²) in [7, 11) is 0. The van der Waals surface area contributed by atoms with Gasteiger partial charge in [-0.3, -0.25) is 14.9 Å². The minimum absolute atomic E-state index is 0.00505. The lowest BCUT2D eigenvalue weighted by atomic mass is 10.0. The highest BCUT2D eigenvalue weighted by Gasteiger charge is 2.21. The van der Waals surface area contributed by atoms with Crippen LogP contribution in [0.25, 0.3) is 0 Å². The molecule has 1 aliphatic rings. The number of carbonyl (C=O) groups is 2. The zero-order valence-corrected chi connectivity index (χ0v) is 8.20. The average molecular weight is 209 g/mol. The lowest BCUT2D eigenvalue weighted by molar-refractivity contribution is -0.128. The number of aliphatic hydroxyl groups is 2. The molecule has 0 bridgehead atoms. The van der Waals surface area contributed by atoms with E-state index in [0.717, 1.165) is 6.08 Å². The molecule has 0 radical (unpaired) electrons. The van der Waals surface area contributed by atoms with Crippen molar-refractivity contribution in [1.29, 1.82) is 0 Å². The number of hydrogen-bond acceptors (Lipinski definition) is 4. The molecule has 80 valence electrons. The number of rotatable bonds is 2. The largest absolute Gasteiger partial charge is 0.505 e. The SMILES string of the molecule is C=C(O)/C(O)=C\C1=C(C)C(=O)NC(=O)C1. The molecule has 0 spiro atoms. The summed E-state index contributed by atoms with van der Waals surface area (Å²) in [5.74, 6) is -1.89. The summed E-state index contributed by atoms with van der Waals surface area (Å²) < 4.78 is 0. The Morgan fingerprint density at radius 3 is 2.60 bits per heavy atom. The smallest absolute Gasteiger partial charge is 0.253 e. The van der Waals surface area contributed by atoms with E-state index < -0.39 is 23.3 Å². The van der Waals surface area contributed by atoms with Crippen LogP contribution in [0, 0.1) is 0 Å². The van der Waals surface area contributed by atoms with Crippen LogP contribution >= 0.6 is 0 Å². The molecule has 5 heteroatoms. The van der Waals surface area contributed by atoms with Gasteiger partial charge in [-0.25, -0.2) is 0 Å². The van der Waals surface area contributed by atoms with Crippen molar-refractivity contribution in [2.45, 2.75) is 13.3 Å². The second-order valence-corrected chi connectivity index (χ2v) is 3.18. The maximum Gasteiger partial charge on any atom is 0.253 e. The topological polar surface area (TPSA) is 86.6 Å². The molecule has 3 N–H and O–H groups in total. The van der Waals surface area contributed by atoms with Gasteiger partial charge in [0.2, 0.25) is 5.91 Å². The Hall–Kier alpha value is -2.04. The lowest BCUT2D eigenvalue weighted by Crippen LogP contribution is -2.35. The zero-order chi connectivity index (χ0) is 11.6. The molecule has 15 heavy (non-hydrogen) atoms.